The molecule has 0 unspecified atom stereocenters. The molecule has 0 rings (SSSR count). The molecule has 0 aromatic heterocycles. The second-order valence-electron chi connectivity index (χ2n) is 5.23. The van der Waals surface area contributed by atoms with Gasteiger partial charge in [-0.2, -0.15) is 0 Å². The Bertz CT molecular complexity index is 146. The third-order valence-corrected chi connectivity index (χ3v) is 3.37. The minimum atomic E-state index is 1.31. The molecule has 0 spiro atoms. The molecule has 0 saturated heterocycles. The molecule has 0 aliphatic heterocycles. The Hall–Kier alpha value is -0.260. The second kappa shape index (κ2) is 15.7. The predicted molar refractivity (Wildman–Crippen MR) is 80.5 cm³/mol. The first-order chi connectivity index (χ1) is 8.41. The lowest BCUT2D eigenvalue weighted by Crippen LogP contribution is -1.78. The molecule has 0 N–H and O–H groups in total. The lowest BCUT2D eigenvalue weighted by atomic mass is 10.1. The van der Waals surface area contributed by atoms with E-state index in [-0.39, 0.29) is 0 Å². The largest absolute Gasteiger partial charge is 0.0885 e. The third-order valence-electron chi connectivity index (χ3n) is 3.37. The summed E-state index contributed by atoms with van der Waals surface area (Å²) in [6.45, 7) is 4.56. The first-order valence-electron chi connectivity index (χ1n) is 8.06. The Morgan fingerprint density at radius 1 is 0.471 bits per heavy atom. The molecule has 0 aromatic carbocycles. The maximum atomic E-state index is 2.40. The van der Waals surface area contributed by atoms with E-state index >= 15 is 0 Å². The molecule has 0 atom stereocenters. The summed E-state index contributed by atoms with van der Waals surface area (Å²) in [5.74, 6) is 0. The number of unbranched alkanes of at least 4 members (excludes halogenated alkanes) is 11. The first kappa shape index (κ1) is 16.7. The number of rotatable bonds is 13. The summed E-state index contributed by atoms with van der Waals surface area (Å²) in [4.78, 5) is 0. The number of hydrogen-bond donors (Lipinski definition) is 0. The lowest BCUT2D eigenvalue weighted by molar-refractivity contribution is 0.610. The van der Waals surface area contributed by atoms with Gasteiger partial charge >= 0.3 is 0 Å². The Morgan fingerprint density at radius 3 is 1.24 bits per heavy atom. The van der Waals surface area contributed by atoms with Gasteiger partial charge in [-0.1, -0.05) is 83.8 Å². The zero-order valence-corrected chi connectivity index (χ0v) is 12.3. The van der Waals surface area contributed by atoms with Crippen molar-refractivity contribution in [2.24, 2.45) is 0 Å². The van der Waals surface area contributed by atoms with E-state index in [2.05, 4.69) is 26.0 Å². The fraction of sp³-hybridized carbons (Fsp3) is 0.882. The highest BCUT2D eigenvalue weighted by molar-refractivity contribution is 4.81. The van der Waals surface area contributed by atoms with Crippen molar-refractivity contribution >= 4 is 0 Å². The minimum Gasteiger partial charge on any atom is -0.0885 e. The molecule has 0 amide bonds. The highest BCUT2D eigenvalue weighted by Gasteiger charge is 1.89. The molecule has 0 aromatic rings. The van der Waals surface area contributed by atoms with Crippen molar-refractivity contribution in [1.29, 1.82) is 0 Å². The molecule has 0 saturated carbocycles. The summed E-state index contributed by atoms with van der Waals surface area (Å²) < 4.78 is 0. The summed E-state index contributed by atoms with van der Waals surface area (Å²) >= 11 is 0. The van der Waals surface area contributed by atoms with E-state index in [9.17, 15) is 0 Å². The van der Waals surface area contributed by atoms with Crippen LogP contribution in [0.4, 0.5) is 0 Å². The van der Waals surface area contributed by atoms with Crippen molar-refractivity contribution in [3.05, 3.63) is 12.2 Å². The minimum absolute atomic E-state index is 1.31. The van der Waals surface area contributed by atoms with Crippen LogP contribution in [-0.4, -0.2) is 0 Å². The van der Waals surface area contributed by atoms with Gasteiger partial charge < -0.3 is 0 Å². The summed E-state index contributed by atoms with van der Waals surface area (Å²) in [7, 11) is 0. The van der Waals surface area contributed by atoms with Crippen LogP contribution in [0, 0.1) is 0 Å². The Balaban J connectivity index is 2.99. The second-order valence-corrected chi connectivity index (χ2v) is 5.23. The molecule has 0 fully saturated rings. The van der Waals surface area contributed by atoms with Gasteiger partial charge in [-0.15, -0.1) is 0 Å². The fourth-order valence-corrected chi connectivity index (χ4v) is 2.14. The summed E-state index contributed by atoms with van der Waals surface area (Å²) in [6.07, 6.45) is 22.9. The third kappa shape index (κ3) is 15.7. The van der Waals surface area contributed by atoms with Crippen LogP contribution in [-0.2, 0) is 0 Å². The molecule has 0 aliphatic carbocycles. The van der Waals surface area contributed by atoms with Crippen LogP contribution >= 0.6 is 0 Å². The van der Waals surface area contributed by atoms with Crippen molar-refractivity contribution in [3.8, 4) is 0 Å². The van der Waals surface area contributed by atoms with E-state index in [1.54, 1.807) is 0 Å². The summed E-state index contributed by atoms with van der Waals surface area (Å²) in [6, 6.07) is 0. The van der Waals surface area contributed by atoms with Gasteiger partial charge in [-0.3, -0.25) is 0 Å². The van der Waals surface area contributed by atoms with E-state index in [4.69, 9.17) is 0 Å². The zero-order chi connectivity index (χ0) is 12.6. The SMILES string of the molecule is CCCCCCCC=CCCCCCCCC. The van der Waals surface area contributed by atoms with E-state index < -0.39 is 0 Å². The van der Waals surface area contributed by atoms with Crippen molar-refractivity contribution < 1.29 is 0 Å². The predicted octanol–water partition coefficient (Wildman–Crippen LogP) is 6.65. The summed E-state index contributed by atoms with van der Waals surface area (Å²) in [5.41, 5.74) is 0. The van der Waals surface area contributed by atoms with Crippen LogP contribution < -0.4 is 0 Å². The highest BCUT2D eigenvalue weighted by Crippen LogP contribution is 2.08. The van der Waals surface area contributed by atoms with Crippen LogP contribution in [0.3, 0.4) is 0 Å². The van der Waals surface area contributed by atoms with Crippen LogP contribution in [0.5, 0.6) is 0 Å². The molecule has 102 valence electrons. The highest BCUT2D eigenvalue weighted by atomic mass is 13.9. The van der Waals surface area contributed by atoms with Gasteiger partial charge in [-0.25, -0.2) is 0 Å². The molecule has 17 heavy (non-hydrogen) atoms. The van der Waals surface area contributed by atoms with Crippen LogP contribution in [0.2, 0.25) is 0 Å². The monoisotopic (exact) mass is 238 g/mol. The van der Waals surface area contributed by atoms with Crippen molar-refractivity contribution in [2.75, 3.05) is 0 Å². The molecule has 0 heterocycles. The van der Waals surface area contributed by atoms with Crippen molar-refractivity contribution in [3.63, 3.8) is 0 Å². The van der Waals surface area contributed by atoms with Crippen LogP contribution in [0.1, 0.15) is 97.3 Å². The number of hydrogen-bond acceptors (Lipinski definition) is 0. The maximum Gasteiger partial charge on any atom is -0.0351 e. The smallest absolute Gasteiger partial charge is 0.0351 e. The normalized spacial score (nSPS) is 11.4. The van der Waals surface area contributed by atoms with Gasteiger partial charge in [0.1, 0.15) is 0 Å². The van der Waals surface area contributed by atoms with Gasteiger partial charge in [0.2, 0.25) is 0 Å². The average molecular weight is 238 g/mol. The molecule has 0 nitrogen and oxygen atoms in total. The molecular formula is C17H34. The Morgan fingerprint density at radius 2 is 0.824 bits per heavy atom. The Kier molecular flexibility index (Phi) is 15.5. The summed E-state index contributed by atoms with van der Waals surface area (Å²) in [5, 5.41) is 0. The van der Waals surface area contributed by atoms with Crippen molar-refractivity contribution in [2.45, 2.75) is 97.3 Å². The van der Waals surface area contributed by atoms with E-state index in [0.29, 0.717) is 0 Å². The molecule has 0 bridgehead atoms. The quantitative estimate of drug-likeness (QED) is 0.249. The van der Waals surface area contributed by atoms with Gasteiger partial charge in [0, 0.05) is 0 Å². The maximum absolute atomic E-state index is 2.40. The van der Waals surface area contributed by atoms with Crippen molar-refractivity contribution in [1.82, 2.24) is 0 Å². The molecular weight excluding hydrogens is 204 g/mol. The zero-order valence-electron chi connectivity index (χ0n) is 12.3. The molecule has 0 radical (unpaired) electrons. The standard InChI is InChI=1S/C17H34/c1-3-5-7-9-11-13-15-17-16-14-12-10-8-6-4-2/h15,17H,3-14,16H2,1-2H3. The van der Waals surface area contributed by atoms with Crippen LogP contribution in [0.25, 0.3) is 0 Å². The van der Waals surface area contributed by atoms with Gasteiger partial charge in [-0.05, 0) is 25.7 Å². The molecule has 0 aliphatic rings. The van der Waals surface area contributed by atoms with Gasteiger partial charge in [0.05, 0.1) is 0 Å². The fourth-order valence-electron chi connectivity index (χ4n) is 2.14. The molecule has 0 heteroatoms. The van der Waals surface area contributed by atoms with E-state index in [1.807, 2.05) is 0 Å². The topological polar surface area (TPSA) is 0 Å². The van der Waals surface area contributed by atoms with E-state index in [1.165, 1.54) is 83.5 Å². The van der Waals surface area contributed by atoms with E-state index in [0.717, 1.165) is 0 Å². The van der Waals surface area contributed by atoms with Gasteiger partial charge in [0.25, 0.3) is 0 Å². The number of allylic oxidation sites excluding steroid dienone is 2. The first-order valence-corrected chi connectivity index (χ1v) is 8.06. The van der Waals surface area contributed by atoms with Gasteiger partial charge in [0.15, 0.2) is 0 Å². The average Bonchev–Trinajstić information content (AvgIpc) is 2.35. The Labute approximate surface area is 110 Å². The van der Waals surface area contributed by atoms with Crippen LogP contribution in [0.15, 0.2) is 12.2 Å². The lowest BCUT2D eigenvalue weighted by Gasteiger charge is -1.98.